The molecule has 3 amide bonds. The molecule has 0 radical (unpaired) electrons. The lowest BCUT2D eigenvalue weighted by atomic mass is 10.3. The Morgan fingerprint density at radius 2 is 1.26 bits per heavy atom. The lowest BCUT2D eigenvalue weighted by Crippen LogP contribution is -2.05. The van der Waals surface area contributed by atoms with E-state index in [4.69, 9.17) is 16.6 Å². The van der Waals surface area contributed by atoms with E-state index < -0.39 is 17.7 Å². The Hall–Kier alpha value is -2.41. The van der Waals surface area contributed by atoms with Crippen LogP contribution in [0.2, 0.25) is 0 Å². The number of rotatable bonds is 5. The van der Waals surface area contributed by atoms with Crippen LogP contribution in [0.3, 0.4) is 0 Å². The van der Waals surface area contributed by atoms with Gasteiger partial charge in [0, 0.05) is 6.61 Å². The van der Waals surface area contributed by atoms with E-state index in [-0.39, 0.29) is 6.61 Å². The van der Waals surface area contributed by atoms with Crippen LogP contribution in [-0.4, -0.2) is 29.4 Å². The summed E-state index contributed by atoms with van der Waals surface area (Å²) in [6.07, 6.45) is 7.08. The highest BCUT2D eigenvalue weighted by molar-refractivity contribution is 5.86. The zero-order valence-electron chi connectivity index (χ0n) is 10.9. The summed E-state index contributed by atoms with van der Waals surface area (Å²) in [6.45, 7) is 5.02. The van der Waals surface area contributed by atoms with Crippen molar-refractivity contribution in [1.82, 2.24) is 0 Å². The number of amides is 3. The normalized spacial score (nSPS) is 8.95. The molecule has 0 spiro atoms. The average Bonchev–Trinajstić information content (AvgIpc) is 2.29. The Morgan fingerprint density at radius 3 is 1.42 bits per heavy atom. The van der Waals surface area contributed by atoms with Gasteiger partial charge in [-0.2, -0.15) is 0 Å². The molecule has 0 rings (SSSR count). The molecule has 7 nitrogen and oxygen atoms in total. The van der Waals surface area contributed by atoms with E-state index in [2.05, 4.69) is 12.3 Å². The molecule has 0 aliphatic carbocycles. The van der Waals surface area contributed by atoms with Crippen LogP contribution in [-0.2, 0) is 14.4 Å². The SMILES string of the molecule is C=CC(N)=O.CCO.NC(=O)C=CCC=CC(N)=O. The predicted molar refractivity (Wildman–Crippen MR) is 73.4 cm³/mol. The standard InChI is InChI=1S/C7H10N2O2.C3H5NO.C2H6O/c8-6(10)4-2-1-3-5-7(9)11;1-2-3(4)5;1-2-3/h2-5H,1H2,(H2,8,10)(H2,9,11);2H,1H2,(H2,4,5);3H,2H2,1H3. The molecule has 0 fully saturated rings. The van der Waals surface area contributed by atoms with Crippen molar-refractivity contribution in [2.75, 3.05) is 6.61 Å². The van der Waals surface area contributed by atoms with Gasteiger partial charge in [-0.25, -0.2) is 0 Å². The van der Waals surface area contributed by atoms with E-state index in [1.165, 1.54) is 12.2 Å². The molecule has 0 aliphatic heterocycles. The largest absolute Gasteiger partial charge is 0.397 e. The van der Waals surface area contributed by atoms with E-state index in [0.717, 1.165) is 6.08 Å². The first-order valence-electron chi connectivity index (χ1n) is 5.26. The van der Waals surface area contributed by atoms with E-state index in [9.17, 15) is 14.4 Å². The Labute approximate surface area is 112 Å². The number of aliphatic hydroxyl groups excluding tert-OH is 1. The topological polar surface area (TPSA) is 150 Å². The predicted octanol–water partition coefficient (Wildman–Crippen LogP) is -0.884. The molecule has 7 heteroatoms. The molecule has 7 N–H and O–H groups in total. The molecule has 0 unspecified atom stereocenters. The molecule has 0 aliphatic rings. The summed E-state index contributed by atoms with van der Waals surface area (Å²) >= 11 is 0. The van der Waals surface area contributed by atoms with Gasteiger partial charge in [0.1, 0.15) is 0 Å². The minimum atomic E-state index is -0.502. The first-order valence-corrected chi connectivity index (χ1v) is 5.26. The highest BCUT2D eigenvalue weighted by Gasteiger charge is 1.81. The van der Waals surface area contributed by atoms with Crippen LogP contribution in [0.15, 0.2) is 37.0 Å². The molecular formula is C12H21N3O4. The van der Waals surface area contributed by atoms with Gasteiger partial charge in [-0.05, 0) is 31.6 Å². The second-order valence-corrected chi connectivity index (χ2v) is 2.77. The van der Waals surface area contributed by atoms with Crippen molar-refractivity contribution in [3.63, 3.8) is 0 Å². The zero-order chi connectivity index (χ0) is 15.7. The number of allylic oxidation sites excluding steroid dienone is 2. The van der Waals surface area contributed by atoms with Gasteiger partial charge in [0.15, 0.2) is 0 Å². The number of hydrogen-bond acceptors (Lipinski definition) is 4. The fourth-order valence-corrected chi connectivity index (χ4v) is 0.447. The van der Waals surface area contributed by atoms with Crippen molar-refractivity contribution in [1.29, 1.82) is 0 Å². The molecule has 19 heavy (non-hydrogen) atoms. The van der Waals surface area contributed by atoms with Crippen LogP contribution in [0.5, 0.6) is 0 Å². The van der Waals surface area contributed by atoms with Crippen molar-refractivity contribution in [3.8, 4) is 0 Å². The van der Waals surface area contributed by atoms with Crippen molar-refractivity contribution in [2.24, 2.45) is 17.2 Å². The highest BCUT2D eigenvalue weighted by Crippen LogP contribution is 1.84. The maximum Gasteiger partial charge on any atom is 0.241 e. The van der Waals surface area contributed by atoms with E-state index in [1.54, 1.807) is 19.1 Å². The molecule has 0 heterocycles. The lowest BCUT2D eigenvalue weighted by Gasteiger charge is -1.80. The minimum absolute atomic E-state index is 0.250. The Morgan fingerprint density at radius 1 is 1.00 bits per heavy atom. The van der Waals surface area contributed by atoms with Crippen LogP contribution < -0.4 is 17.2 Å². The molecule has 0 bridgehead atoms. The summed E-state index contributed by atoms with van der Waals surface area (Å²) in [5.74, 6) is -1.49. The number of hydrogen-bond donors (Lipinski definition) is 4. The second-order valence-electron chi connectivity index (χ2n) is 2.77. The Kier molecular flexibility index (Phi) is 20.6. The molecular weight excluding hydrogens is 250 g/mol. The van der Waals surface area contributed by atoms with Crippen LogP contribution in [0.1, 0.15) is 13.3 Å². The zero-order valence-corrected chi connectivity index (χ0v) is 10.9. The third-order valence-electron chi connectivity index (χ3n) is 1.04. The third-order valence-corrected chi connectivity index (χ3v) is 1.04. The number of nitrogens with two attached hydrogens (primary N) is 3. The van der Waals surface area contributed by atoms with Gasteiger partial charge in [-0.1, -0.05) is 18.7 Å². The van der Waals surface area contributed by atoms with Crippen molar-refractivity contribution in [3.05, 3.63) is 37.0 Å². The van der Waals surface area contributed by atoms with Crippen molar-refractivity contribution >= 4 is 17.7 Å². The molecule has 0 saturated heterocycles. The summed E-state index contributed by atoms with van der Waals surface area (Å²) in [7, 11) is 0. The summed E-state index contributed by atoms with van der Waals surface area (Å²) in [4.78, 5) is 29.7. The van der Waals surface area contributed by atoms with Gasteiger partial charge in [0.25, 0.3) is 0 Å². The van der Waals surface area contributed by atoms with Gasteiger partial charge in [0.2, 0.25) is 17.7 Å². The van der Waals surface area contributed by atoms with E-state index in [0.29, 0.717) is 6.42 Å². The Balaban J connectivity index is -0.000000266. The number of carbonyl (C=O) groups excluding carboxylic acids is 3. The van der Waals surface area contributed by atoms with Crippen LogP contribution >= 0.6 is 0 Å². The summed E-state index contributed by atoms with van der Waals surface area (Å²) in [5, 5.41) is 7.57. The summed E-state index contributed by atoms with van der Waals surface area (Å²) < 4.78 is 0. The van der Waals surface area contributed by atoms with Crippen molar-refractivity contribution < 1.29 is 19.5 Å². The van der Waals surface area contributed by atoms with E-state index in [1.807, 2.05) is 0 Å². The van der Waals surface area contributed by atoms with Crippen LogP contribution in [0.25, 0.3) is 0 Å². The maximum atomic E-state index is 10.1. The van der Waals surface area contributed by atoms with Gasteiger partial charge >= 0.3 is 0 Å². The smallest absolute Gasteiger partial charge is 0.241 e. The number of primary amides is 3. The quantitative estimate of drug-likeness (QED) is 0.480. The maximum absolute atomic E-state index is 10.1. The van der Waals surface area contributed by atoms with Crippen LogP contribution in [0, 0.1) is 0 Å². The highest BCUT2D eigenvalue weighted by atomic mass is 16.2. The number of carbonyl (C=O) groups is 3. The molecule has 0 aromatic rings. The molecule has 0 atom stereocenters. The second kappa shape index (κ2) is 18.0. The summed E-state index contributed by atoms with van der Waals surface area (Å²) in [6, 6.07) is 0. The van der Waals surface area contributed by atoms with Crippen molar-refractivity contribution in [2.45, 2.75) is 13.3 Å². The minimum Gasteiger partial charge on any atom is -0.397 e. The van der Waals surface area contributed by atoms with Gasteiger partial charge in [-0.3, -0.25) is 14.4 Å². The van der Waals surface area contributed by atoms with Crippen LogP contribution in [0.4, 0.5) is 0 Å². The molecule has 0 aromatic heterocycles. The summed E-state index contributed by atoms with van der Waals surface area (Å²) in [5.41, 5.74) is 14.1. The molecule has 108 valence electrons. The van der Waals surface area contributed by atoms with Gasteiger partial charge in [0.05, 0.1) is 0 Å². The monoisotopic (exact) mass is 271 g/mol. The first-order chi connectivity index (χ1) is 8.81. The number of aliphatic hydroxyl groups is 1. The van der Waals surface area contributed by atoms with Gasteiger partial charge < -0.3 is 22.3 Å². The van der Waals surface area contributed by atoms with E-state index >= 15 is 0 Å². The fourth-order valence-electron chi connectivity index (χ4n) is 0.447. The molecule has 0 aromatic carbocycles. The average molecular weight is 271 g/mol. The molecule has 0 saturated carbocycles. The van der Waals surface area contributed by atoms with Gasteiger partial charge in [-0.15, -0.1) is 0 Å². The first kappa shape index (κ1) is 21.8. The lowest BCUT2D eigenvalue weighted by molar-refractivity contribution is -0.114. The Bertz CT molecular complexity index is 314. The fraction of sp³-hybridized carbons (Fsp3) is 0.250. The third kappa shape index (κ3) is 50.0.